The van der Waals surface area contributed by atoms with Gasteiger partial charge in [-0.3, -0.25) is 14.9 Å². The maximum Gasteiger partial charge on any atom is 0.322 e. The van der Waals surface area contributed by atoms with Crippen molar-refractivity contribution in [1.29, 1.82) is 0 Å². The number of carbonyl (C=O) groups excluding carboxylic acids is 3. The minimum absolute atomic E-state index is 0.0114. The fourth-order valence-corrected chi connectivity index (χ4v) is 4.81. The lowest BCUT2D eigenvalue weighted by atomic mass is 9.74. The van der Waals surface area contributed by atoms with E-state index < -0.39 is 11.6 Å². The average molecular weight is 436 g/mol. The van der Waals surface area contributed by atoms with Crippen LogP contribution >= 0.6 is 0 Å². The number of benzene rings is 2. The summed E-state index contributed by atoms with van der Waals surface area (Å²) in [4.78, 5) is 39.5. The zero-order valence-electron chi connectivity index (χ0n) is 18.3. The fraction of sp³-hybridized carbons (Fsp3) is 0.400. The fourth-order valence-electron chi connectivity index (χ4n) is 4.81. The van der Waals surface area contributed by atoms with Crippen LogP contribution in [0.3, 0.4) is 0 Å². The number of carbonyl (C=O) groups is 3. The first-order chi connectivity index (χ1) is 15.5. The zero-order chi connectivity index (χ0) is 22.6. The summed E-state index contributed by atoms with van der Waals surface area (Å²) >= 11 is 0. The van der Waals surface area contributed by atoms with Gasteiger partial charge < -0.3 is 15.0 Å². The van der Waals surface area contributed by atoms with E-state index in [1.54, 1.807) is 7.11 Å². The Morgan fingerprint density at radius 1 is 1.03 bits per heavy atom. The summed E-state index contributed by atoms with van der Waals surface area (Å²) in [5.74, 6) is 0.579. The van der Waals surface area contributed by atoms with E-state index in [4.69, 9.17) is 4.74 Å². The highest BCUT2D eigenvalue weighted by Crippen LogP contribution is 2.35. The molecule has 168 valence electrons. The Balaban J connectivity index is 1.39. The van der Waals surface area contributed by atoms with Crippen molar-refractivity contribution in [1.82, 2.24) is 15.5 Å². The largest absolute Gasteiger partial charge is 0.497 e. The topological polar surface area (TPSA) is 87.7 Å². The van der Waals surface area contributed by atoms with E-state index in [-0.39, 0.29) is 17.7 Å². The quantitative estimate of drug-likeness (QED) is 0.655. The molecule has 0 aliphatic carbocycles. The summed E-state index contributed by atoms with van der Waals surface area (Å²) in [5.41, 5.74) is 1.16. The van der Waals surface area contributed by atoms with Gasteiger partial charge in [0, 0.05) is 13.1 Å². The van der Waals surface area contributed by atoms with Gasteiger partial charge >= 0.3 is 6.03 Å². The molecule has 2 aliphatic rings. The first-order valence-electron chi connectivity index (χ1n) is 11.1. The molecule has 7 heteroatoms. The molecule has 0 bridgehead atoms. The number of ether oxygens (including phenoxy) is 1. The van der Waals surface area contributed by atoms with Crippen LogP contribution in [0.1, 0.15) is 30.4 Å². The van der Waals surface area contributed by atoms with Crippen LogP contribution in [-0.2, 0) is 22.4 Å². The molecule has 0 spiro atoms. The number of hydrogen-bond acceptors (Lipinski definition) is 4. The van der Waals surface area contributed by atoms with Gasteiger partial charge in [0.1, 0.15) is 11.3 Å². The minimum Gasteiger partial charge on any atom is -0.497 e. The molecule has 7 nitrogen and oxygen atoms in total. The third-order valence-corrected chi connectivity index (χ3v) is 6.68. The van der Waals surface area contributed by atoms with Gasteiger partial charge in [-0.1, -0.05) is 42.5 Å². The van der Waals surface area contributed by atoms with Crippen molar-refractivity contribution in [3.8, 4) is 5.75 Å². The van der Waals surface area contributed by atoms with Crippen molar-refractivity contribution in [2.45, 2.75) is 37.6 Å². The highest BCUT2D eigenvalue weighted by molar-refractivity contribution is 6.07. The first-order valence-corrected chi connectivity index (χ1v) is 11.1. The maximum atomic E-state index is 12.9. The Kier molecular flexibility index (Phi) is 6.44. The van der Waals surface area contributed by atoms with Crippen molar-refractivity contribution in [3.63, 3.8) is 0 Å². The normalized spacial score (nSPS) is 21.2. The van der Waals surface area contributed by atoms with E-state index in [0.29, 0.717) is 45.2 Å². The lowest BCUT2D eigenvalue weighted by molar-refractivity contribution is -0.133. The van der Waals surface area contributed by atoms with Gasteiger partial charge in [0.25, 0.3) is 5.91 Å². The molecule has 32 heavy (non-hydrogen) atoms. The molecule has 2 aliphatic heterocycles. The molecule has 2 fully saturated rings. The van der Waals surface area contributed by atoms with Crippen molar-refractivity contribution >= 4 is 17.8 Å². The summed E-state index contributed by atoms with van der Waals surface area (Å²) in [6.45, 7) is 1.16. The van der Waals surface area contributed by atoms with Gasteiger partial charge in [-0.2, -0.15) is 0 Å². The molecule has 0 aromatic heterocycles. The van der Waals surface area contributed by atoms with Gasteiger partial charge in [0.15, 0.2) is 0 Å². The first kappa shape index (κ1) is 21.9. The number of rotatable bonds is 7. The van der Waals surface area contributed by atoms with Crippen LogP contribution in [0.4, 0.5) is 4.79 Å². The maximum absolute atomic E-state index is 12.9. The number of methoxy groups -OCH3 is 1. The lowest BCUT2D eigenvalue weighted by Crippen LogP contribution is -2.56. The summed E-state index contributed by atoms with van der Waals surface area (Å²) < 4.78 is 5.17. The third-order valence-electron chi connectivity index (χ3n) is 6.68. The van der Waals surface area contributed by atoms with E-state index in [1.807, 2.05) is 59.5 Å². The van der Waals surface area contributed by atoms with E-state index >= 15 is 0 Å². The molecular weight excluding hydrogens is 406 g/mol. The Morgan fingerprint density at radius 2 is 1.72 bits per heavy atom. The summed E-state index contributed by atoms with van der Waals surface area (Å²) in [6.07, 6.45) is 2.93. The number of urea groups is 1. The molecule has 1 unspecified atom stereocenters. The molecule has 2 heterocycles. The zero-order valence-corrected chi connectivity index (χ0v) is 18.3. The van der Waals surface area contributed by atoms with Crippen molar-refractivity contribution < 1.29 is 19.1 Å². The van der Waals surface area contributed by atoms with Crippen molar-refractivity contribution in [3.05, 3.63) is 65.7 Å². The number of imide groups is 1. The van der Waals surface area contributed by atoms with Gasteiger partial charge in [0.2, 0.25) is 5.91 Å². The molecule has 2 aromatic carbocycles. The lowest BCUT2D eigenvalue weighted by Gasteiger charge is -2.40. The minimum atomic E-state index is -0.919. The molecule has 4 amide bonds. The number of nitrogens with one attached hydrogen (secondary N) is 2. The van der Waals surface area contributed by atoms with Gasteiger partial charge in [0.05, 0.1) is 13.5 Å². The smallest absolute Gasteiger partial charge is 0.322 e. The van der Waals surface area contributed by atoms with Crippen LogP contribution in [0.5, 0.6) is 5.75 Å². The molecule has 2 aromatic rings. The Labute approximate surface area is 188 Å². The number of amides is 4. The number of likely N-dealkylation sites (tertiary alicyclic amines) is 1. The molecule has 2 N–H and O–H groups in total. The molecule has 1 atom stereocenters. The second-order valence-corrected chi connectivity index (χ2v) is 8.55. The van der Waals surface area contributed by atoms with E-state index in [2.05, 4.69) is 10.6 Å². The summed E-state index contributed by atoms with van der Waals surface area (Å²) in [5, 5.41) is 5.37. The van der Waals surface area contributed by atoms with Crippen LogP contribution in [0.25, 0.3) is 0 Å². The standard InChI is InChI=1S/C25H29N3O4/c1-32-21-9-7-19(8-10-21)17-22(29)28-15-12-20(13-16-28)25(23(30)26-24(31)27-25)14-11-18-5-3-2-4-6-18/h2-10,20H,11-17H2,1H3,(H2,26,27,30,31). The number of aryl methyl sites for hydroxylation is 1. The Morgan fingerprint density at radius 3 is 2.31 bits per heavy atom. The Bertz CT molecular complexity index is 968. The highest BCUT2D eigenvalue weighted by Gasteiger charge is 2.51. The van der Waals surface area contributed by atoms with Gasteiger partial charge in [-0.15, -0.1) is 0 Å². The van der Waals surface area contributed by atoms with Crippen molar-refractivity contribution in [2.75, 3.05) is 20.2 Å². The highest BCUT2D eigenvalue weighted by atomic mass is 16.5. The molecule has 2 saturated heterocycles. The Hall–Kier alpha value is -3.35. The second-order valence-electron chi connectivity index (χ2n) is 8.55. The monoisotopic (exact) mass is 435 g/mol. The second kappa shape index (κ2) is 9.42. The van der Waals surface area contributed by atoms with Gasteiger partial charge in [-0.05, 0) is 54.9 Å². The number of hydrogen-bond donors (Lipinski definition) is 2. The molecule has 0 saturated carbocycles. The molecule has 0 radical (unpaired) electrons. The molecule has 4 rings (SSSR count). The average Bonchev–Trinajstić information content (AvgIpc) is 3.12. The van der Waals surface area contributed by atoms with Crippen LogP contribution in [0.15, 0.2) is 54.6 Å². The van der Waals surface area contributed by atoms with Crippen LogP contribution in [-0.4, -0.2) is 48.5 Å². The number of piperidine rings is 1. The predicted octanol–water partition coefficient (Wildman–Crippen LogP) is 2.69. The number of nitrogens with zero attached hydrogens (tertiary/aromatic N) is 1. The van der Waals surface area contributed by atoms with E-state index in [9.17, 15) is 14.4 Å². The summed E-state index contributed by atoms with van der Waals surface area (Å²) in [6, 6.07) is 17.1. The molecular formula is C25H29N3O4. The van der Waals surface area contributed by atoms with Crippen molar-refractivity contribution in [2.24, 2.45) is 5.92 Å². The third kappa shape index (κ3) is 4.61. The van der Waals surface area contributed by atoms with E-state index in [1.165, 1.54) is 0 Å². The van der Waals surface area contributed by atoms with Crippen LogP contribution < -0.4 is 15.4 Å². The van der Waals surface area contributed by atoms with Crippen LogP contribution in [0.2, 0.25) is 0 Å². The summed E-state index contributed by atoms with van der Waals surface area (Å²) in [7, 11) is 1.62. The SMILES string of the molecule is COc1ccc(CC(=O)N2CCC(C3(CCc4ccccc4)NC(=O)NC3=O)CC2)cc1. The van der Waals surface area contributed by atoms with Crippen LogP contribution in [0, 0.1) is 5.92 Å². The van der Waals surface area contributed by atoms with Gasteiger partial charge in [-0.25, -0.2) is 4.79 Å². The predicted molar refractivity (Wildman–Crippen MR) is 120 cm³/mol. The van der Waals surface area contributed by atoms with E-state index in [0.717, 1.165) is 16.9 Å².